The fourth-order valence-electron chi connectivity index (χ4n) is 2.35. The molecular formula is C15H12INO2. The van der Waals surface area contributed by atoms with Gasteiger partial charge in [-0.1, -0.05) is 18.2 Å². The van der Waals surface area contributed by atoms with E-state index in [-0.39, 0.29) is 11.7 Å². The van der Waals surface area contributed by atoms with Gasteiger partial charge in [-0.2, -0.15) is 0 Å². The number of fused-ring (bicyclic) bond motifs is 1. The van der Waals surface area contributed by atoms with Gasteiger partial charge in [-0.25, -0.2) is 0 Å². The zero-order chi connectivity index (χ0) is 13.4. The van der Waals surface area contributed by atoms with Crippen LogP contribution in [0.2, 0.25) is 0 Å². The van der Waals surface area contributed by atoms with Crippen LogP contribution in [0.25, 0.3) is 0 Å². The van der Waals surface area contributed by atoms with Gasteiger partial charge in [0.1, 0.15) is 5.75 Å². The number of carbonyl (C=O) groups is 1. The van der Waals surface area contributed by atoms with Crippen molar-refractivity contribution >= 4 is 34.2 Å². The lowest BCUT2D eigenvalue weighted by Crippen LogP contribution is -2.28. The first kappa shape index (κ1) is 12.5. The van der Waals surface area contributed by atoms with E-state index in [0.717, 1.165) is 15.7 Å². The molecule has 2 aromatic rings. The van der Waals surface area contributed by atoms with E-state index in [1.165, 1.54) is 11.6 Å². The number of halogens is 1. The number of benzene rings is 2. The first-order valence-corrected chi connectivity index (χ1v) is 7.13. The fourth-order valence-corrected chi connectivity index (χ4v) is 2.69. The second kappa shape index (κ2) is 4.85. The van der Waals surface area contributed by atoms with Gasteiger partial charge >= 0.3 is 0 Å². The van der Waals surface area contributed by atoms with Crippen LogP contribution in [0.15, 0.2) is 42.5 Å². The minimum atomic E-state index is -0.0587. The summed E-state index contributed by atoms with van der Waals surface area (Å²) in [5.41, 5.74) is 2.70. The predicted molar refractivity (Wildman–Crippen MR) is 82.6 cm³/mol. The summed E-state index contributed by atoms with van der Waals surface area (Å²) in [6.07, 6.45) is 0.887. The molecule has 1 aliphatic heterocycles. The van der Waals surface area contributed by atoms with Crippen molar-refractivity contribution in [3.05, 3.63) is 57.2 Å². The van der Waals surface area contributed by atoms with E-state index >= 15 is 0 Å². The number of anilines is 1. The Labute approximate surface area is 125 Å². The molecule has 0 fully saturated rings. The number of para-hydroxylation sites is 1. The van der Waals surface area contributed by atoms with Crippen LogP contribution in [-0.4, -0.2) is 17.6 Å². The standard InChI is InChI=1S/C15H12INO2/c16-12-6-5-11(9-14(12)18)15(19)17-8-7-10-3-1-2-4-13(10)17/h1-6,9,18H,7-8H2. The molecule has 3 nitrogen and oxygen atoms in total. The van der Waals surface area contributed by atoms with Crippen molar-refractivity contribution in [1.29, 1.82) is 0 Å². The summed E-state index contributed by atoms with van der Waals surface area (Å²) in [5, 5.41) is 9.71. The summed E-state index contributed by atoms with van der Waals surface area (Å²) in [4.78, 5) is 14.3. The van der Waals surface area contributed by atoms with E-state index < -0.39 is 0 Å². The van der Waals surface area contributed by atoms with E-state index in [9.17, 15) is 9.90 Å². The number of amides is 1. The number of carbonyl (C=O) groups excluding carboxylic acids is 1. The normalized spacial score (nSPS) is 13.4. The molecule has 19 heavy (non-hydrogen) atoms. The predicted octanol–water partition coefficient (Wildman–Crippen LogP) is 3.20. The third kappa shape index (κ3) is 2.20. The number of hydrogen-bond donors (Lipinski definition) is 1. The Morgan fingerprint density at radius 2 is 2.00 bits per heavy atom. The van der Waals surface area contributed by atoms with Gasteiger partial charge in [0.25, 0.3) is 5.91 Å². The van der Waals surface area contributed by atoms with Crippen molar-refractivity contribution in [1.82, 2.24) is 0 Å². The van der Waals surface area contributed by atoms with Gasteiger partial charge in [0.15, 0.2) is 0 Å². The molecule has 0 saturated heterocycles. The third-order valence-electron chi connectivity index (χ3n) is 3.33. The highest BCUT2D eigenvalue weighted by Gasteiger charge is 2.25. The Morgan fingerprint density at radius 3 is 2.79 bits per heavy atom. The lowest BCUT2D eigenvalue weighted by atomic mass is 10.1. The zero-order valence-corrected chi connectivity index (χ0v) is 12.3. The third-order valence-corrected chi connectivity index (χ3v) is 4.24. The second-order valence-corrected chi connectivity index (χ2v) is 5.66. The second-order valence-electron chi connectivity index (χ2n) is 4.50. The van der Waals surface area contributed by atoms with Crippen LogP contribution < -0.4 is 4.90 Å². The molecule has 0 aliphatic carbocycles. The molecule has 0 aromatic heterocycles. The van der Waals surface area contributed by atoms with Crippen molar-refractivity contribution < 1.29 is 9.90 Å². The summed E-state index contributed by atoms with van der Waals surface area (Å²) in [6.45, 7) is 0.699. The highest BCUT2D eigenvalue weighted by atomic mass is 127. The van der Waals surface area contributed by atoms with Gasteiger partial charge in [0, 0.05) is 17.8 Å². The number of hydrogen-bond acceptors (Lipinski definition) is 2. The quantitative estimate of drug-likeness (QED) is 0.789. The van der Waals surface area contributed by atoms with Crippen molar-refractivity contribution in [2.75, 3.05) is 11.4 Å². The lowest BCUT2D eigenvalue weighted by Gasteiger charge is -2.17. The summed E-state index contributed by atoms with van der Waals surface area (Å²) in [7, 11) is 0. The average Bonchev–Trinajstić information content (AvgIpc) is 2.85. The molecule has 0 atom stereocenters. The van der Waals surface area contributed by atoms with Gasteiger partial charge in [-0.05, 0) is 58.8 Å². The van der Waals surface area contributed by atoms with Crippen LogP contribution in [-0.2, 0) is 6.42 Å². The number of phenols is 1. The summed E-state index contributed by atoms with van der Waals surface area (Å²) < 4.78 is 0.746. The van der Waals surface area contributed by atoms with Crippen LogP contribution in [0, 0.1) is 3.57 Å². The Morgan fingerprint density at radius 1 is 1.21 bits per heavy atom. The van der Waals surface area contributed by atoms with Crippen LogP contribution in [0.1, 0.15) is 15.9 Å². The molecule has 0 bridgehead atoms. The summed E-state index contributed by atoms with van der Waals surface area (Å²) in [5.74, 6) is 0.0931. The van der Waals surface area contributed by atoms with Crippen LogP contribution in [0.3, 0.4) is 0 Å². The molecule has 2 aromatic carbocycles. The number of aromatic hydroxyl groups is 1. The van der Waals surface area contributed by atoms with Gasteiger partial charge in [-0.3, -0.25) is 4.79 Å². The molecule has 4 heteroatoms. The Kier molecular flexibility index (Phi) is 3.18. The highest BCUT2D eigenvalue weighted by Crippen LogP contribution is 2.30. The Bertz CT molecular complexity index is 654. The molecule has 3 rings (SSSR count). The Hall–Kier alpha value is -1.56. The van der Waals surface area contributed by atoms with Crippen LogP contribution >= 0.6 is 22.6 Å². The molecule has 1 aliphatic rings. The molecule has 96 valence electrons. The van der Waals surface area contributed by atoms with Crippen molar-refractivity contribution in [2.45, 2.75) is 6.42 Å². The lowest BCUT2D eigenvalue weighted by molar-refractivity contribution is 0.0989. The fraction of sp³-hybridized carbons (Fsp3) is 0.133. The summed E-state index contributed by atoms with van der Waals surface area (Å²) in [6, 6.07) is 13.0. The maximum atomic E-state index is 12.5. The minimum absolute atomic E-state index is 0.0587. The van der Waals surface area contributed by atoms with E-state index in [0.29, 0.717) is 12.1 Å². The minimum Gasteiger partial charge on any atom is -0.507 e. The largest absolute Gasteiger partial charge is 0.507 e. The number of nitrogens with zero attached hydrogens (tertiary/aromatic N) is 1. The summed E-state index contributed by atoms with van der Waals surface area (Å²) >= 11 is 2.04. The first-order chi connectivity index (χ1) is 9.16. The van der Waals surface area contributed by atoms with E-state index in [1.807, 2.05) is 46.9 Å². The maximum Gasteiger partial charge on any atom is 0.258 e. The zero-order valence-electron chi connectivity index (χ0n) is 10.1. The molecule has 0 spiro atoms. The average molecular weight is 365 g/mol. The van der Waals surface area contributed by atoms with E-state index in [4.69, 9.17) is 0 Å². The van der Waals surface area contributed by atoms with Crippen molar-refractivity contribution in [2.24, 2.45) is 0 Å². The van der Waals surface area contributed by atoms with Crippen molar-refractivity contribution in [3.63, 3.8) is 0 Å². The molecular weight excluding hydrogens is 353 g/mol. The van der Waals surface area contributed by atoms with Gasteiger partial charge in [-0.15, -0.1) is 0 Å². The van der Waals surface area contributed by atoms with E-state index in [1.54, 1.807) is 17.0 Å². The molecule has 0 unspecified atom stereocenters. The number of rotatable bonds is 1. The highest BCUT2D eigenvalue weighted by molar-refractivity contribution is 14.1. The van der Waals surface area contributed by atoms with Gasteiger partial charge in [0.05, 0.1) is 3.57 Å². The number of phenolic OH excluding ortho intramolecular Hbond substituents is 1. The molecule has 1 heterocycles. The Balaban J connectivity index is 1.95. The molecule has 0 radical (unpaired) electrons. The van der Waals surface area contributed by atoms with Crippen molar-refractivity contribution in [3.8, 4) is 5.75 Å². The van der Waals surface area contributed by atoms with Crippen LogP contribution in [0.5, 0.6) is 5.75 Å². The van der Waals surface area contributed by atoms with Gasteiger partial charge < -0.3 is 10.0 Å². The molecule has 0 saturated carbocycles. The van der Waals surface area contributed by atoms with Crippen LogP contribution in [0.4, 0.5) is 5.69 Å². The maximum absolute atomic E-state index is 12.5. The molecule has 1 amide bonds. The first-order valence-electron chi connectivity index (χ1n) is 6.05. The van der Waals surface area contributed by atoms with E-state index in [2.05, 4.69) is 0 Å². The van der Waals surface area contributed by atoms with Gasteiger partial charge in [0.2, 0.25) is 0 Å². The monoisotopic (exact) mass is 365 g/mol. The SMILES string of the molecule is O=C(c1ccc(I)c(O)c1)N1CCc2ccccc21. The topological polar surface area (TPSA) is 40.5 Å². The smallest absolute Gasteiger partial charge is 0.258 e. The molecule has 1 N–H and O–H groups in total.